The first-order chi connectivity index (χ1) is 6.29. The first kappa shape index (κ1) is 8.57. The predicted molar refractivity (Wildman–Crippen MR) is 53.0 cm³/mol. The van der Waals surface area contributed by atoms with Crippen molar-refractivity contribution in [3.8, 4) is 0 Å². The maximum atomic E-state index is 5.63. The SMILES string of the molecule is CCCc1ccc2oc(Cl)nc2c1. The fraction of sp³-hybridized carbons (Fsp3) is 0.300. The summed E-state index contributed by atoms with van der Waals surface area (Å²) in [5.41, 5.74) is 2.88. The van der Waals surface area contributed by atoms with Crippen molar-refractivity contribution in [3.05, 3.63) is 29.1 Å². The van der Waals surface area contributed by atoms with Crippen molar-refractivity contribution in [2.75, 3.05) is 0 Å². The standard InChI is InChI=1S/C10H10ClNO/c1-2-3-7-4-5-9-8(6-7)12-10(11)13-9/h4-6H,2-3H2,1H3. The van der Waals surface area contributed by atoms with Gasteiger partial charge in [-0.05, 0) is 35.7 Å². The number of hydrogen-bond donors (Lipinski definition) is 0. The second-order valence-corrected chi connectivity index (χ2v) is 3.34. The fourth-order valence-electron chi connectivity index (χ4n) is 1.39. The van der Waals surface area contributed by atoms with Crippen molar-refractivity contribution in [2.24, 2.45) is 0 Å². The molecule has 0 amide bonds. The van der Waals surface area contributed by atoms with Crippen molar-refractivity contribution in [2.45, 2.75) is 19.8 Å². The lowest BCUT2D eigenvalue weighted by molar-refractivity contribution is 0.604. The van der Waals surface area contributed by atoms with Crippen molar-refractivity contribution in [1.82, 2.24) is 4.98 Å². The minimum absolute atomic E-state index is 0.212. The summed E-state index contributed by atoms with van der Waals surface area (Å²) in [6, 6.07) is 5.99. The van der Waals surface area contributed by atoms with Crippen LogP contribution in [0, 0.1) is 0 Å². The molecule has 0 unspecified atom stereocenters. The number of aromatic nitrogens is 1. The lowest BCUT2D eigenvalue weighted by Gasteiger charge is -1.95. The molecule has 3 heteroatoms. The second kappa shape index (κ2) is 3.38. The van der Waals surface area contributed by atoms with Crippen LogP contribution in [0.2, 0.25) is 5.35 Å². The monoisotopic (exact) mass is 195 g/mol. The fourth-order valence-corrected chi connectivity index (χ4v) is 1.56. The predicted octanol–water partition coefficient (Wildman–Crippen LogP) is 3.43. The number of hydrogen-bond acceptors (Lipinski definition) is 2. The molecule has 0 bridgehead atoms. The molecule has 1 aromatic carbocycles. The molecule has 0 fully saturated rings. The van der Waals surface area contributed by atoms with Gasteiger partial charge in [0.2, 0.25) is 0 Å². The van der Waals surface area contributed by atoms with Gasteiger partial charge in [-0.25, -0.2) is 0 Å². The zero-order valence-corrected chi connectivity index (χ0v) is 8.14. The van der Waals surface area contributed by atoms with Gasteiger partial charge < -0.3 is 4.42 Å². The van der Waals surface area contributed by atoms with Gasteiger partial charge in [-0.1, -0.05) is 19.4 Å². The quantitative estimate of drug-likeness (QED) is 0.734. The molecule has 1 aromatic heterocycles. The van der Waals surface area contributed by atoms with Gasteiger partial charge in [-0.2, -0.15) is 4.98 Å². The molecule has 0 saturated heterocycles. The molecule has 0 radical (unpaired) electrons. The lowest BCUT2D eigenvalue weighted by atomic mass is 10.1. The van der Waals surface area contributed by atoms with Gasteiger partial charge in [-0.3, -0.25) is 0 Å². The van der Waals surface area contributed by atoms with Crippen LogP contribution in [0.1, 0.15) is 18.9 Å². The van der Waals surface area contributed by atoms with E-state index in [0.29, 0.717) is 0 Å². The molecular weight excluding hydrogens is 186 g/mol. The number of benzene rings is 1. The molecule has 0 aliphatic heterocycles. The maximum Gasteiger partial charge on any atom is 0.293 e. The van der Waals surface area contributed by atoms with Crippen LogP contribution in [0.5, 0.6) is 0 Å². The Morgan fingerprint density at radius 3 is 3.08 bits per heavy atom. The number of aryl methyl sites for hydroxylation is 1. The van der Waals surface area contributed by atoms with Gasteiger partial charge in [-0.15, -0.1) is 0 Å². The highest BCUT2D eigenvalue weighted by Gasteiger charge is 2.03. The topological polar surface area (TPSA) is 26.0 Å². The number of nitrogens with zero attached hydrogens (tertiary/aromatic N) is 1. The Morgan fingerprint density at radius 1 is 1.46 bits per heavy atom. The van der Waals surface area contributed by atoms with Crippen molar-refractivity contribution in [1.29, 1.82) is 0 Å². The van der Waals surface area contributed by atoms with Gasteiger partial charge >= 0.3 is 0 Å². The van der Waals surface area contributed by atoms with E-state index in [2.05, 4.69) is 11.9 Å². The highest BCUT2D eigenvalue weighted by atomic mass is 35.5. The van der Waals surface area contributed by atoms with Crippen LogP contribution < -0.4 is 0 Å². The Labute approximate surface area is 81.5 Å². The Hall–Kier alpha value is -1.02. The number of rotatable bonds is 2. The second-order valence-electron chi connectivity index (χ2n) is 3.02. The molecule has 0 saturated carbocycles. The molecule has 0 N–H and O–H groups in total. The molecular formula is C10H10ClNO. The molecule has 68 valence electrons. The summed E-state index contributed by atoms with van der Waals surface area (Å²) in [5, 5.41) is 0.212. The van der Waals surface area contributed by atoms with E-state index in [1.807, 2.05) is 18.2 Å². The van der Waals surface area contributed by atoms with Crippen LogP contribution in [0.4, 0.5) is 0 Å². The Morgan fingerprint density at radius 2 is 2.31 bits per heavy atom. The van der Waals surface area contributed by atoms with E-state index in [-0.39, 0.29) is 5.35 Å². The van der Waals surface area contributed by atoms with Gasteiger partial charge in [0, 0.05) is 0 Å². The van der Waals surface area contributed by atoms with E-state index >= 15 is 0 Å². The van der Waals surface area contributed by atoms with E-state index in [4.69, 9.17) is 16.0 Å². The number of oxazole rings is 1. The highest BCUT2D eigenvalue weighted by Crippen LogP contribution is 2.20. The van der Waals surface area contributed by atoms with E-state index in [1.54, 1.807) is 0 Å². The van der Waals surface area contributed by atoms with E-state index < -0.39 is 0 Å². The minimum atomic E-state index is 0.212. The summed E-state index contributed by atoms with van der Waals surface area (Å²) < 4.78 is 5.16. The van der Waals surface area contributed by atoms with Crippen molar-refractivity contribution >= 4 is 22.7 Å². The molecule has 0 aliphatic carbocycles. The largest absolute Gasteiger partial charge is 0.428 e. The average Bonchev–Trinajstić information content (AvgIpc) is 2.44. The highest BCUT2D eigenvalue weighted by molar-refractivity contribution is 6.28. The third-order valence-electron chi connectivity index (χ3n) is 1.96. The summed E-state index contributed by atoms with van der Waals surface area (Å²) in [4.78, 5) is 4.05. The average molecular weight is 196 g/mol. The normalized spacial score (nSPS) is 10.9. The molecule has 1 heterocycles. The summed E-state index contributed by atoms with van der Waals surface area (Å²) >= 11 is 5.63. The number of fused-ring (bicyclic) bond motifs is 1. The van der Waals surface area contributed by atoms with E-state index in [0.717, 1.165) is 23.9 Å². The summed E-state index contributed by atoms with van der Waals surface area (Å²) in [6.07, 6.45) is 2.21. The van der Waals surface area contributed by atoms with Crippen LogP contribution >= 0.6 is 11.6 Å². The Bertz CT molecular complexity index is 422. The van der Waals surface area contributed by atoms with Crippen molar-refractivity contribution < 1.29 is 4.42 Å². The molecule has 0 spiro atoms. The van der Waals surface area contributed by atoms with Crippen LogP contribution in [-0.2, 0) is 6.42 Å². The number of halogens is 1. The van der Waals surface area contributed by atoms with Crippen LogP contribution in [0.15, 0.2) is 22.6 Å². The smallest absolute Gasteiger partial charge is 0.293 e. The Kier molecular flexibility index (Phi) is 2.23. The summed E-state index contributed by atoms with van der Waals surface area (Å²) in [5.74, 6) is 0. The third kappa shape index (κ3) is 1.68. The zero-order valence-electron chi connectivity index (χ0n) is 7.38. The third-order valence-corrected chi connectivity index (χ3v) is 2.13. The minimum Gasteiger partial charge on any atom is -0.428 e. The van der Waals surface area contributed by atoms with Gasteiger partial charge in [0.15, 0.2) is 5.58 Å². The van der Waals surface area contributed by atoms with Gasteiger partial charge in [0.05, 0.1) is 0 Å². The van der Waals surface area contributed by atoms with Crippen molar-refractivity contribution in [3.63, 3.8) is 0 Å². The summed E-state index contributed by atoms with van der Waals surface area (Å²) in [7, 11) is 0. The Balaban J connectivity index is 2.48. The van der Waals surface area contributed by atoms with E-state index in [9.17, 15) is 0 Å². The molecule has 2 nitrogen and oxygen atoms in total. The summed E-state index contributed by atoms with van der Waals surface area (Å²) in [6.45, 7) is 2.15. The van der Waals surface area contributed by atoms with Gasteiger partial charge in [0.1, 0.15) is 5.52 Å². The van der Waals surface area contributed by atoms with E-state index in [1.165, 1.54) is 5.56 Å². The van der Waals surface area contributed by atoms with Crippen LogP contribution in [0.25, 0.3) is 11.1 Å². The first-order valence-electron chi connectivity index (χ1n) is 4.34. The van der Waals surface area contributed by atoms with Crippen LogP contribution in [-0.4, -0.2) is 4.98 Å². The molecule has 2 aromatic rings. The molecule has 0 atom stereocenters. The zero-order chi connectivity index (χ0) is 9.26. The first-order valence-corrected chi connectivity index (χ1v) is 4.72. The maximum absolute atomic E-state index is 5.63. The molecule has 2 rings (SSSR count). The molecule has 0 aliphatic rings. The molecule has 13 heavy (non-hydrogen) atoms. The van der Waals surface area contributed by atoms with Gasteiger partial charge in [0.25, 0.3) is 5.35 Å². The lowest BCUT2D eigenvalue weighted by Crippen LogP contribution is -1.81. The van der Waals surface area contributed by atoms with Crippen LogP contribution in [0.3, 0.4) is 0 Å².